The number of carbonyl (C=O) groups excluding carboxylic acids is 1. The Morgan fingerprint density at radius 1 is 1.11 bits per heavy atom. The van der Waals surface area contributed by atoms with Crippen LogP contribution < -0.4 is 15.4 Å². The largest absolute Gasteiger partial charge is 0.495 e. The molecule has 0 aliphatic carbocycles. The van der Waals surface area contributed by atoms with Crippen molar-refractivity contribution in [3.05, 3.63) is 58.9 Å². The van der Waals surface area contributed by atoms with Crippen molar-refractivity contribution in [1.29, 1.82) is 0 Å². The quantitative estimate of drug-likeness (QED) is 0.241. The number of nitrogens with zero attached hydrogens (tertiary/aromatic N) is 2. The van der Waals surface area contributed by atoms with Crippen LogP contribution in [0.5, 0.6) is 5.75 Å². The van der Waals surface area contributed by atoms with Crippen molar-refractivity contribution in [3.8, 4) is 17.0 Å². The first kappa shape index (κ1) is 30.4. The second-order valence-electron chi connectivity index (χ2n) is 8.06. The predicted octanol–water partition coefficient (Wildman–Crippen LogP) is 6.71. The topological polar surface area (TPSA) is 85.4 Å². The van der Waals surface area contributed by atoms with Gasteiger partial charge < -0.3 is 20.1 Å². The molecule has 1 amide bonds. The average Bonchev–Trinajstić information content (AvgIpc) is 3.34. The van der Waals surface area contributed by atoms with Gasteiger partial charge in [0, 0.05) is 28.7 Å². The molecule has 1 aromatic carbocycles. The highest BCUT2D eigenvalue weighted by Gasteiger charge is 2.28. The summed E-state index contributed by atoms with van der Waals surface area (Å²) in [6.07, 6.45) is 7.75. The molecule has 0 spiro atoms. The minimum absolute atomic E-state index is 0.0521. The second kappa shape index (κ2) is 15.4. The Kier molecular flexibility index (Phi) is 12.6. The number of rotatable bonds is 8. The summed E-state index contributed by atoms with van der Waals surface area (Å²) in [6.45, 7) is 12.3. The third-order valence-corrected chi connectivity index (χ3v) is 6.34. The molecule has 1 aliphatic heterocycles. The molecule has 2 unspecified atom stereocenters. The van der Waals surface area contributed by atoms with E-state index < -0.39 is 0 Å². The number of allylic oxidation sites excluding steroid dienone is 1. The van der Waals surface area contributed by atoms with Gasteiger partial charge in [-0.15, -0.1) is 6.58 Å². The standard InChI is InChI=1S/C23H24Cl2N4O3.C3H6.C2H6/c1-3-4-13-6-19(31-2)23(25)21(22(13)24)16-5-14-9-27-20(7-15(14)8-26-16)29-18-11-32-10-17(18)28-12-30;1-3-2;1-2/h5-9,12,17-18H,3-4,10-11H2,1-2H3,(H,27,29)(H,28,30);3H,1H2,2H3;1-2H3. The van der Waals surface area contributed by atoms with E-state index in [2.05, 4.69) is 34.1 Å². The van der Waals surface area contributed by atoms with E-state index >= 15 is 0 Å². The summed E-state index contributed by atoms with van der Waals surface area (Å²) >= 11 is 13.3. The van der Waals surface area contributed by atoms with Crippen LogP contribution in [0.4, 0.5) is 5.82 Å². The van der Waals surface area contributed by atoms with Gasteiger partial charge in [0.15, 0.2) is 0 Å². The zero-order valence-corrected chi connectivity index (χ0v) is 23.6. The monoisotopic (exact) mass is 546 g/mol. The molecule has 1 fully saturated rings. The smallest absolute Gasteiger partial charge is 0.207 e. The molecule has 37 heavy (non-hydrogen) atoms. The molecule has 3 aromatic rings. The highest BCUT2D eigenvalue weighted by Crippen LogP contribution is 2.43. The number of methoxy groups -OCH3 is 1. The van der Waals surface area contributed by atoms with Crippen molar-refractivity contribution in [1.82, 2.24) is 15.3 Å². The molecule has 0 radical (unpaired) electrons. The molecule has 0 bridgehead atoms. The molecule has 1 saturated heterocycles. The van der Waals surface area contributed by atoms with Crippen molar-refractivity contribution >= 4 is 46.2 Å². The zero-order valence-electron chi connectivity index (χ0n) is 22.1. The number of hydrogen-bond acceptors (Lipinski definition) is 6. The number of carbonyl (C=O) groups is 1. The summed E-state index contributed by atoms with van der Waals surface area (Å²) in [4.78, 5) is 19.9. The summed E-state index contributed by atoms with van der Waals surface area (Å²) in [5, 5.41) is 8.93. The number of nitrogens with one attached hydrogen (secondary N) is 2. The van der Waals surface area contributed by atoms with Crippen molar-refractivity contribution in [2.24, 2.45) is 0 Å². The Morgan fingerprint density at radius 2 is 1.76 bits per heavy atom. The van der Waals surface area contributed by atoms with Crippen LogP contribution in [0.15, 0.2) is 43.2 Å². The molecule has 2 N–H and O–H groups in total. The highest BCUT2D eigenvalue weighted by molar-refractivity contribution is 6.40. The van der Waals surface area contributed by atoms with Gasteiger partial charge in [0.2, 0.25) is 6.41 Å². The number of benzene rings is 1. The van der Waals surface area contributed by atoms with Gasteiger partial charge >= 0.3 is 0 Å². The van der Waals surface area contributed by atoms with Gasteiger partial charge in [0.1, 0.15) is 11.6 Å². The van der Waals surface area contributed by atoms with Crippen LogP contribution in [0, 0.1) is 0 Å². The van der Waals surface area contributed by atoms with Gasteiger partial charge in [0.05, 0.1) is 48.1 Å². The van der Waals surface area contributed by atoms with Crippen LogP contribution in [0.1, 0.15) is 39.7 Å². The van der Waals surface area contributed by atoms with Crippen LogP contribution in [0.25, 0.3) is 22.0 Å². The molecule has 4 rings (SSSR count). The third kappa shape index (κ3) is 7.57. The number of ether oxygens (including phenoxy) is 2. The fourth-order valence-corrected chi connectivity index (χ4v) is 4.59. The first-order chi connectivity index (χ1) is 18.0. The molecule has 3 heterocycles. The van der Waals surface area contributed by atoms with Gasteiger partial charge in [-0.3, -0.25) is 9.78 Å². The van der Waals surface area contributed by atoms with E-state index in [0.29, 0.717) is 52.5 Å². The molecule has 7 nitrogen and oxygen atoms in total. The number of fused-ring (bicyclic) bond motifs is 1. The molecular formula is C28H36Cl2N4O3. The second-order valence-corrected chi connectivity index (χ2v) is 8.82. The Balaban J connectivity index is 0.000000898. The number of pyridine rings is 2. The van der Waals surface area contributed by atoms with Crippen LogP contribution in [-0.2, 0) is 16.0 Å². The molecule has 200 valence electrons. The van der Waals surface area contributed by atoms with E-state index in [9.17, 15) is 4.79 Å². The maximum atomic E-state index is 10.8. The van der Waals surface area contributed by atoms with Gasteiger partial charge in [-0.2, -0.15) is 0 Å². The summed E-state index contributed by atoms with van der Waals surface area (Å²) < 4.78 is 10.9. The minimum Gasteiger partial charge on any atom is -0.495 e. The summed E-state index contributed by atoms with van der Waals surface area (Å²) in [5.74, 6) is 1.26. The van der Waals surface area contributed by atoms with Crippen molar-refractivity contribution in [2.45, 2.75) is 52.6 Å². The molecule has 0 saturated carbocycles. The van der Waals surface area contributed by atoms with E-state index in [-0.39, 0.29) is 12.1 Å². The van der Waals surface area contributed by atoms with Crippen molar-refractivity contribution in [3.63, 3.8) is 0 Å². The fourth-order valence-electron chi connectivity index (χ4n) is 3.88. The van der Waals surface area contributed by atoms with Gasteiger partial charge in [-0.05, 0) is 37.1 Å². The molecule has 1 aliphatic rings. The first-order valence-electron chi connectivity index (χ1n) is 12.4. The lowest BCUT2D eigenvalue weighted by Crippen LogP contribution is -2.42. The van der Waals surface area contributed by atoms with E-state index in [1.807, 2.05) is 39.0 Å². The minimum atomic E-state index is -0.0971. The Labute approximate surface area is 229 Å². The summed E-state index contributed by atoms with van der Waals surface area (Å²) in [6, 6.07) is 5.57. The van der Waals surface area contributed by atoms with Gasteiger partial charge in [-0.1, -0.05) is 56.5 Å². The number of hydrogen-bond donors (Lipinski definition) is 2. The highest BCUT2D eigenvalue weighted by atomic mass is 35.5. The van der Waals surface area contributed by atoms with Crippen LogP contribution in [0.2, 0.25) is 10.0 Å². The first-order valence-corrected chi connectivity index (χ1v) is 13.1. The Hall–Kier alpha value is -2.87. The van der Waals surface area contributed by atoms with Crippen LogP contribution in [-0.4, -0.2) is 48.8 Å². The lowest BCUT2D eigenvalue weighted by Gasteiger charge is -2.19. The summed E-state index contributed by atoms with van der Waals surface area (Å²) in [5.41, 5.74) is 2.29. The fraction of sp³-hybridized carbons (Fsp3) is 0.393. The summed E-state index contributed by atoms with van der Waals surface area (Å²) in [7, 11) is 1.59. The van der Waals surface area contributed by atoms with Crippen LogP contribution in [0.3, 0.4) is 0 Å². The van der Waals surface area contributed by atoms with E-state index in [4.69, 9.17) is 32.7 Å². The van der Waals surface area contributed by atoms with Crippen LogP contribution >= 0.6 is 23.2 Å². The zero-order chi connectivity index (χ0) is 27.4. The average molecular weight is 548 g/mol. The van der Waals surface area contributed by atoms with Crippen molar-refractivity contribution < 1.29 is 14.3 Å². The van der Waals surface area contributed by atoms with E-state index in [1.165, 1.54) is 0 Å². The van der Waals surface area contributed by atoms with E-state index in [1.54, 1.807) is 25.6 Å². The third-order valence-electron chi connectivity index (χ3n) is 5.54. The molecule has 2 atom stereocenters. The predicted molar refractivity (Wildman–Crippen MR) is 154 cm³/mol. The Morgan fingerprint density at radius 3 is 2.41 bits per heavy atom. The number of aryl methyl sites for hydroxylation is 1. The van der Waals surface area contributed by atoms with Gasteiger partial charge in [-0.25, -0.2) is 4.98 Å². The number of aromatic nitrogens is 2. The SMILES string of the molecule is C=CC.CC.CCCc1cc(OC)c(Cl)c(-c2cc3cnc(NC4COCC4NC=O)cc3cn2)c1Cl. The number of halogens is 2. The lowest BCUT2D eigenvalue weighted by atomic mass is 10.0. The lowest BCUT2D eigenvalue weighted by molar-refractivity contribution is -0.110. The number of anilines is 1. The molecule has 9 heteroatoms. The Bertz CT molecular complexity index is 1190. The normalized spacial score (nSPS) is 16.1. The maximum absolute atomic E-state index is 10.8. The maximum Gasteiger partial charge on any atom is 0.207 e. The van der Waals surface area contributed by atoms with Gasteiger partial charge in [0.25, 0.3) is 0 Å². The molecule has 2 aromatic heterocycles. The molecular weight excluding hydrogens is 511 g/mol. The van der Waals surface area contributed by atoms with Crippen molar-refractivity contribution in [2.75, 3.05) is 25.6 Å². The number of amides is 1. The van der Waals surface area contributed by atoms with E-state index in [0.717, 1.165) is 29.2 Å².